The molecule has 0 aromatic carbocycles. The number of carbonyl (C=O) groups excluding carboxylic acids is 2. The molecule has 0 aliphatic carbocycles. The van der Waals surface area contributed by atoms with E-state index in [9.17, 15) is 9.59 Å². The van der Waals surface area contributed by atoms with Gasteiger partial charge in [-0.2, -0.15) is 0 Å². The number of rotatable bonds is 2. The summed E-state index contributed by atoms with van der Waals surface area (Å²) in [5.74, 6) is -0.506. The third-order valence-electron chi connectivity index (χ3n) is 1.95. The fourth-order valence-electron chi connectivity index (χ4n) is 1.18. The molecule has 1 atom stereocenters. The molecule has 4 heteroatoms. The van der Waals surface area contributed by atoms with E-state index in [0.717, 1.165) is 0 Å². The predicted octanol–water partition coefficient (Wildman–Crippen LogP) is 0.155. The van der Waals surface area contributed by atoms with Crippen LogP contribution in [0.15, 0.2) is 0 Å². The third-order valence-corrected chi connectivity index (χ3v) is 1.95. The van der Waals surface area contributed by atoms with E-state index in [2.05, 4.69) is 4.74 Å². The van der Waals surface area contributed by atoms with Gasteiger partial charge in [-0.3, -0.25) is 9.59 Å². The van der Waals surface area contributed by atoms with Crippen molar-refractivity contribution in [3.8, 4) is 0 Å². The van der Waals surface area contributed by atoms with Crippen LogP contribution in [0.3, 0.4) is 0 Å². The summed E-state index contributed by atoms with van der Waals surface area (Å²) < 4.78 is 9.39. The molecule has 68 valence electrons. The Hall–Kier alpha value is -0.900. The minimum atomic E-state index is -0.324. The van der Waals surface area contributed by atoms with Gasteiger partial charge in [0.25, 0.3) is 0 Å². The maximum atomic E-state index is 11.1. The van der Waals surface area contributed by atoms with Crippen LogP contribution in [0.4, 0.5) is 0 Å². The number of ketones is 1. The largest absolute Gasteiger partial charge is 0.469 e. The minimum absolute atomic E-state index is 0.00616. The SMILES string of the molecule is COC(=O)CC1CCOCC1=O. The fraction of sp³-hybridized carbons (Fsp3) is 0.750. The molecule has 1 heterocycles. The van der Waals surface area contributed by atoms with Crippen molar-refractivity contribution in [2.75, 3.05) is 20.3 Å². The van der Waals surface area contributed by atoms with Gasteiger partial charge in [0.15, 0.2) is 5.78 Å². The van der Waals surface area contributed by atoms with Crippen LogP contribution in [-0.4, -0.2) is 32.1 Å². The normalized spacial score (nSPS) is 23.8. The van der Waals surface area contributed by atoms with Gasteiger partial charge in [-0.1, -0.05) is 0 Å². The Balaban J connectivity index is 2.39. The smallest absolute Gasteiger partial charge is 0.306 e. The molecule has 0 N–H and O–H groups in total. The Morgan fingerprint density at radius 2 is 2.50 bits per heavy atom. The van der Waals surface area contributed by atoms with E-state index in [1.165, 1.54) is 7.11 Å². The standard InChI is InChI=1S/C8H12O4/c1-11-8(10)4-6-2-3-12-5-7(6)9/h6H,2-5H2,1H3. The molecule has 0 saturated carbocycles. The van der Waals surface area contributed by atoms with Gasteiger partial charge in [0.1, 0.15) is 6.61 Å². The number of hydrogen-bond acceptors (Lipinski definition) is 4. The summed E-state index contributed by atoms with van der Waals surface area (Å²) in [6.45, 7) is 0.703. The quantitative estimate of drug-likeness (QED) is 0.556. The van der Waals surface area contributed by atoms with Gasteiger partial charge in [-0.25, -0.2) is 0 Å². The Bertz CT molecular complexity index is 187. The zero-order chi connectivity index (χ0) is 8.97. The van der Waals surface area contributed by atoms with Crippen LogP contribution in [0.2, 0.25) is 0 Å². The average Bonchev–Trinajstić information content (AvgIpc) is 2.09. The number of hydrogen-bond donors (Lipinski definition) is 0. The molecule has 0 aromatic rings. The van der Waals surface area contributed by atoms with Gasteiger partial charge in [0, 0.05) is 12.5 Å². The molecular weight excluding hydrogens is 160 g/mol. The van der Waals surface area contributed by atoms with Gasteiger partial charge >= 0.3 is 5.97 Å². The molecule has 0 radical (unpaired) electrons. The van der Waals surface area contributed by atoms with Crippen LogP contribution >= 0.6 is 0 Å². The summed E-state index contributed by atoms with van der Waals surface area (Å²) in [7, 11) is 1.33. The van der Waals surface area contributed by atoms with E-state index in [4.69, 9.17) is 4.74 Å². The third kappa shape index (κ3) is 2.30. The zero-order valence-corrected chi connectivity index (χ0v) is 7.04. The number of ether oxygens (including phenoxy) is 2. The van der Waals surface area contributed by atoms with Crippen molar-refractivity contribution in [2.45, 2.75) is 12.8 Å². The molecule has 1 aliphatic rings. The molecule has 1 unspecified atom stereocenters. The first-order valence-corrected chi connectivity index (χ1v) is 3.91. The molecule has 0 aromatic heterocycles. The van der Waals surface area contributed by atoms with E-state index in [1.54, 1.807) is 0 Å². The maximum absolute atomic E-state index is 11.1. The maximum Gasteiger partial charge on any atom is 0.306 e. The summed E-state index contributed by atoms with van der Waals surface area (Å²) in [6.07, 6.45) is 0.826. The van der Waals surface area contributed by atoms with Crippen LogP contribution in [0.5, 0.6) is 0 Å². The summed E-state index contributed by atoms with van der Waals surface area (Å²) in [5.41, 5.74) is 0. The number of Topliss-reactive ketones (excluding diaryl/α,β-unsaturated/α-hetero) is 1. The molecular formula is C8H12O4. The molecule has 1 rings (SSSR count). The molecule has 12 heavy (non-hydrogen) atoms. The molecule has 1 aliphatic heterocycles. The lowest BCUT2D eigenvalue weighted by molar-refractivity contribution is -0.146. The Morgan fingerprint density at radius 1 is 1.75 bits per heavy atom. The van der Waals surface area contributed by atoms with Gasteiger partial charge in [0.2, 0.25) is 0 Å². The van der Waals surface area contributed by atoms with E-state index in [1.807, 2.05) is 0 Å². The fourth-order valence-corrected chi connectivity index (χ4v) is 1.18. The molecule has 1 saturated heterocycles. The molecule has 0 bridgehead atoms. The van der Waals surface area contributed by atoms with Crippen molar-refractivity contribution in [3.63, 3.8) is 0 Å². The lowest BCUT2D eigenvalue weighted by Crippen LogP contribution is -2.29. The molecule has 1 fully saturated rings. The topological polar surface area (TPSA) is 52.6 Å². The summed E-state index contributed by atoms with van der Waals surface area (Å²) in [4.78, 5) is 21.9. The second-order valence-electron chi connectivity index (χ2n) is 2.78. The first-order valence-electron chi connectivity index (χ1n) is 3.91. The van der Waals surface area contributed by atoms with E-state index < -0.39 is 0 Å². The monoisotopic (exact) mass is 172 g/mol. The molecule has 4 nitrogen and oxygen atoms in total. The molecule has 0 amide bonds. The van der Waals surface area contributed by atoms with Crippen molar-refractivity contribution in [2.24, 2.45) is 5.92 Å². The molecule has 0 spiro atoms. The van der Waals surface area contributed by atoms with Crippen molar-refractivity contribution < 1.29 is 19.1 Å². The highest BCUT2D eigenvalue weighted by molar-refractivity contribution is 5.86. The average molecular weight is 172 g/mol. The second kappa shape index (κ2) is 4.21. The predicted molar refractivity (Wildman–Crippen MR) is 40.6 cm³/mol. The summed E-state index contributed by atoms with van der Waals surface area (Å²) in [5, 5.41) is 0. The lowest BCUT2D eigenvalue weighted by atomic mass is 9.95. The van der Waals surface area contributed by atoms with E-state index >= 15 is 0 Å². The number of esters is 1. The Kier molecular flexibility index (Phi) is 3.22. The highest BCUT2D eigenvalue weighted by atomic mass is 16.5. The van der Waals surface area contributed by atoms with Gasteiger partial charge in [-0.05, 0) is 6.42 Å². The van der Waals surface area contributed by atoms with Crippen molar-refractivity contribution >= 4 is 11.8 Å². The second-order valence-corrected chi connectivity index (χ2v) is 2.78. The minimum Gasteiger partial charge on any atom is -0.469 e. The van der Waals surface area contributed by atoms with Crippen molar-refractivity contribution in [1.29, 1.82) is 0 Å². The van der Waals surface area contributed by atoms with Crippen LogP contribution in [0, 0.1) is 5.92 Å². The Morgan fingerprint density at radius 3 is 3.08 bits per heavy atom. The lowest BCUT2D eigenvalue weighted by Gasteiger charge is -2.19. The van der Waals surface area contributed by atoms with E-state index in [0.29, 0.717) is 13.0 Å². The number of methoxy groups -OCH3 is 1. The van der Waals surface area contributed by atoms with Gasteiger partial charge in [0.05, 0.1) is 13.5 Å². The zero-order valence-electron chi connectivity index (χ0n) is 7.04. The highest BCUT2D eigenvalue weighted by Gasteiger charge is 2.25. The van der Waals surface area contributed by atoms with Crippen LogP contribution in [0.1, 0.15) is 12.8 Å². The van der Waals surface area contributed by atoms with Crippen molar-refractivity contribution in [3.05, 3.63) is 0 Å². The van der Waals surface area contributed by atoms with Gasteiger partial charge < -0.3 is 9.47 Å². The first-order chi connectivity index (χ1) is 5.74. The summed E-state index contributed by atoms with van der Waals surface area (Å²) >= 11 is 0. The summed E-state index contributed by atoms with van der Waals surface area (Å²) in [6, 6.07) is 0. The van der Waals surface area contributed by atoms with Crippen LogP contribution < -0.4 is 0 Å². The number of carbonyl (C=O) groups is 2. The van der Waals surface area contributed by atoms with Crippen LogP contribution in [0.25, 0.3) is 0 Å². The van der Waals surface area contributed by atoms with Gasteiger partial charge in [-0.15, -0.1) is 0 Å². The highest BCUT2D eigenvalue weighted by Crippen LogP contribution is 2.15. The van der Waals surface area contributed by atoms with Crippen LogP contribution in [-0.2, 0) is 19.1 Å². The first kappa shape index (κ1) is 9.19. The van der Waals surface area contributed by atoms with Crippen molar-refractivity contribution in [1.82, 2.24) is 0 Å². The Labute approximate surface area is 70.8 Å². The van der Waals surface area contributed by atoms with E-state index in [-0.39, 0.29) is 30.7 Å².